The summed E-state index contributed by atoms with van der Waals surface area (Å²) < 4.78 is 9.27. The second kappa shape index (κ2) is 7.78. The second-order valence-corrected chi connectivity index (χ2v) is 2.63. The van der Waals surface area contributed by atoms with Gasteiger partial charge in [-0.2, -0.15) is 0 Å². The summed E-state index contributed by atoms with van der Waals surface area (Å²) in [6, 6.07) is 0. The molecule has 1 N–H and O–H groups in total. The van der Waals surface area contributed by atoms with Gasteiger partial charge in [-0.15, -0.1) is 0 Å². The van der Waals surface area contributed by atoms with E-state index in [1.807, 2.05) is 0 Å². The maximum atomic E-state index is 11.0. The van der Waals surface area contributed by atoms with Gasteiger partial charge in [-0.25, -0.2) is 0 Å². The van der Waals surface area contributed by atoms with Crippen LogP contribution in [0, 0.1) is 0 Å². The molecule has 6 nitrogen and oxygen atoms in total. The zero-order chi connectivity index (χ0) is 11.7. The minimum atomic E-state index is -0.533. The van der Waals surface area contributed by atoms with E-state index < -0.39 is 11.9 Å². The predicted octanol–water partition coefficient (Wildman–Crippen LogP) is 0.723. The molecule has 0 aromatic heterocycles. The van der Waals surface area contributed by atoms with Gasteiger partial charge in [0, 0.05) is 0 Å². The smallest absolute Gasteiger partial charge is 0.311 e. The average Bonchev–Trinajstić information content (AvgIpc) is 2.17. The first kappa shape index (κ1) is 13.4. The maximum absolute atomic E-state index is 11.0. The molecule has 0 amide bonds. The Hall–Kier alpha value is -1.59. The Morgan fingerprint density at radius 2 is 1.47 bits per heavy atom. The molecule has 0 spiro atoms. The van der Waals surface area contributed by atoms with Crippen LogP contribution in [0.4, 0.5) is 0 Å². The Morgan fingerprint density at radius 1 is 1.07 bits per heavy atom. The molecule has 0 rings (SSSR count). The molecule has 15 heavy (non-hydrogen) atoms. The van der Waals surface area contributed by atoms with E-state index in [1.165, 1.54) is 0 Å². The molecule has 0 saturated carbocycles. The lowest BCUT2D eigenvalue weighted by Crippen LogP contribution is -2.16. The Balaban J connectivity index is 4.04. The van der Waals surface area contributed by atoms with Crippen molar-refractivity contribution in [3.05, 3.63) is 0 Å². The predicted molar refractivity (Wildman–Crippen MR) is 51.7 cm³/mol. The van der Waals surface area contributed by atoms with Gasteiger partial charge in [-0.1, -0.05) is 5.16 Å². The summed E-state index contributed by atoms with van der Waals surface area (Å²) >= 11 is 0. The Labute approximate surface area is 87.9 Å². The largest absolute Gasteiger partial charge is 0.466 e. The van der Waals surface area contributed by atoms with Crippen LogP contribution in [0.1, 0.15) is 26.7 Å². The van der Waals surface area contributed by atoms with Crippen LogP contribution >= 0.6 is 0 Å². The van der Waals surface area contributed by atoms with Gasteiger partial charge in [0.05, 0.1) is 31.8 Å². The van der Waals surface area contributed by atoms with Crippen LogP contribution in [-0.4, -0.2) is 36.1 Å². The van der Waals surface area contributed by atoms with E-state index in [-0.39, 0.29) is 31.8 Å². The SMILES string of the molecule is CCOC(=O)CC(CC(=O)OCC)=NO. The molecule has 0 bridgehead atoms. The number of esters is 2. The number of carbonyl (C=O) groups excluding carboxylic acids is 2. The van der Waals surface area contributed by atoms with Crippen LogP contribution in [0.25, 0.3) is 0 Å². The molecular formula is C9H15NO5. The van der Waals surface area contributed by atoms with Crippen LogP contribution in [0.15, 0.2) is 5.16 Å². The van der Waals surface area contributed by atoms with E-state index in [9.17, 15) is 9.59 Å². The van der Waals surface area contributed by atoms with E-state index in [0.29, 0.717) is 0 Å². The summed E-state index contributed by atoms with van der Waals surface area (Å²) in [6.45, 7) is 3.83. The lowest BCUT2D eigenvalue weighted by molar-refractivity contribution is -0.141. The molecule has 6 heteroatoms. The van der Waals surface area contributed by atoms with E-state index in [4.69, 9.17) is 5.21 Å². The van der Waals surface area contributed by atoms with E-state index >= 15 is 0 Å². The molecule has 0 aromatic carbocycles. The first-order chi connectivity index (χ1) is 7.13. The highest BCUT2D eigenvalue weighted by molar-refractivity contribution is 6.06. The zero-order valence-corrected chi connectivity index (χ0v) is 8.86. The summed E-state index contributed by atoms with van der Waals surface area (Å²) in [5, 5.41) is 11.4. The summed E-state index contributed by atoms with van der Waals surface area (Å²) in [5.41, 5.74) is 0.0342. The highest BCUT2D eigenvalue weighted by atomic mass is 16.5. The van der Waals surface area contributed by atoms with Gasteiger partial charge in [0.1, 0.15) is 0 Å². The monoisotopic (exact) mass is 217 g/mol. The van der Waals surface area contributed by atoms with Crippen LogP contribution in [0.2, 0.25) is 0 Å². The first-order valence-corrected chi connectivity index (χ1v) is 4.65. The Bertz CT molecular complexity index is 227. The molecule has 0 fully saturated rings. The minimum Gasteiger partial charge on any atom is -0.466 e. The summed E-state index contributed by atoms with van der Waals surface area (Å²) in [7, 11) is 0. The van der Waals surface area contributed by atoms with E-state index in [1.54, 1.807) is 13.8 Å². The topological polar surface area (TPSA) is 85.2 Å². The van der Waals surface area contributed by atoms with Crippen molar-refractivity contribution in [2.75, 3.05) is 13.2 Å². The molecule has 0 saturated heterocycles. The van der Waals surface area contributed by atoms with Crippen LogP contribution in [0.3, 0.4) is 0 Å². The van der Waals surface area contributed by atoms with Crippen LogP contribution in [0.5, 0.6) is 0 Å². The van der Waals surface area contributed by atoms with Gasteiger partial charge in [0.25, 0.3) is 0 Å². The van der Waals surface area contributed by atoms with Crippen molar-refractivity contribution >= 4 is 17.7 Å². The standard InChI is InChI=1S/C9H15NO5/c1-3-14-8(11)5-7(10-13)6-9(12)15-4-2/h13H,3-6H2,1-2H3. The molecule has 0 aliphatic heterocycles. The van der Waals surface area contributed by atoms with Gasteiger partial charge in [-0.3, -0.25) is 9.59 Å². The third kappa shape index (κ3) is 6.48. The molecule has 0 aliphatic carbocycles. The third-order valence-electron chi connectivity index (χ3n) is 1.45. The van der Waals surface area contributed by atoms with Gasteiger partial charge in [0.15, 0.2) is 0 Å². The van der Waals surface area contributed by atoms with Crippen molar-refractivity contribution in [3.8, 4) is 0 Å². The normalized spacial score (nSPS) is 9.20. The highest BCUT2D eigenvalue weighted by Crippen LogP contribution is 1.98. The third-order valence-corrected chi connectivity index (χ3v) is 1.45. The quantitative estimate of drug-likeness (QED) is 0.306. The molecule has 0 heterocycles. The van der Waals surface area contributed by atoms with Crippen LogP contribution in [-0.2, 0) is 19.1 Å². The molecule has 0 atom stereocenters. The number of oxime groups is 1. The maximum Gasteiger partial charge on any atom is 0.311 e. The molecule has 0 radical (unpaired) electrons. The minimum absolute atomic E-state index is 0.0342. The number of rotatable bonds is 6. The summed E-state index contributed by atoms with van der Waals surface area (Å²) in [4.78, 5) is 22.0. The fraction of sp³-hybridized carbons (Fsp3) is 0.667. The molecule has 0 unspecified atom stereocenters. The van der Waals surface area contributed by atoms with Crippen molar-refractivity contribution < 1.29 is 24.3 Å². The van der Waals surface area contributed by atoms with Crippen molar-refractivity contribution in [3.63, 3.8) is 0 Å². The van der Waals surface area contributed by atoms with Gasteiger partial charge in [-0.05, 0) is 13.8 Å². The second-order valence-electron chi connectivity index (χ2n) is 2.63. The molecule has 0 aliphatic rings. The van der Waals surface area contributed by atoms with Crippen LogP contribution < -0.4 is 0 Å². The van der Waals surface area contributed by atoms with Crippen molar-refractivity contribution in [1.82, 2.24) is 0 Å². The number of hydrogen-bond donors (Lipinski definition) is 1. The first-order valence-electron chi connectivity index (χ1n) is 4.65. The van der Waals surface area contributed by atoms with E-state index in [0.717, 1.165) is 0 Å². The lowest BCUT2D eigenvalue weighted by Gasteiger charge is -2.04. The van der Waals surface area contributed by atoms with E-state index in [2.05, 4.69) is 14.6 Å². The Kier molecular flexibility index (Phi) is 6.96. The lowest BCUT2D eigenvalue weighted by atomic mass is 10.2. The molecule has 86 valence electrons. The average molecular weight is 217 g/mol. The summed E-state index contributed by atoms with van der Waals surface area (Å²) in [6.07, 6.45) is -0.410. The molecule has 0 aromatic rings. The van der Waals surface area contributed by atoms with Crippen molar-refractivity contribution in [2.24, 2.45) is 5.16 Å². The van der Waals surface area contributed by atoms with Gasteiger partial charge in [0.2, 0.25) is 0 Å². The fourth-order valence-electron chi connectivity index (χ4n) is 0.890. The number of nitrogens with zero attached hydrogens (tertiary/aromatic N) is 1. The van der Waals surface area contributed by atoms with Gasteiger partial charge >= 0.3 is 11.9 Å². The number of ether oxygens (including phenoxy) is 2. The molecular weight excluding hydrogens is 202 g/mol. The number of carbonyl (C=O) groups is 2. The van der Waals surface area contributed by atoms with Gasteiger partial charge < -0.3 is 14.7 Å². The van der Waals surface area contributed by atoms with Crippen molar-refractivity contribution in [1.29, 1.82) is 0 Å². The highest BCUT2D eigenvalue weighted by Gasteiger charge is 2.13. The fourth-order valence-corrected chi connectivity index (χ4v) is 0.890. The van der Waals surface area contributed by atoms with Crippen molar-refractivity contribution in [2.45, 2.75) is 26.7 Å². The number of hydrogen-bond acceptors (Lipinski definition) is 6. The zero-order valence-electron chi connectivity index (χ0n) is 8.86. The Morgan fingerprint density at radius 3 is 1.73 bits per heavy atom. The summed E-state index contributed by atoms with van der Waals surface area (Å²) in [5.74, 6) is -1.07.